The van der Waals surface area contributed by atoms with E-state index in [1.807, 2.05) is 20.8 Å². The van der Waals surface area contributed by atoms with E-state index in [1.54, 1.807) is 0 Å². The van der Waals surface area contributed by atoms with Crippen molar-refractivity contribution < 1.29 is 15.0 Å². The summed E-state index contributed by atoms with van der Waals surface area (Å²) in [5.41, 5.74) is 0.0215. The van der Waals surface area contributed by atoms with Crippen LogP contribution in [0.25, 0.3) is 0 Å². The van der Waals surface area contributed by atoms with Crippen LogP contribution in [0, 0.1) is 34.5 Å². The molecule has 2 N–H and O–H groups in total. The fraction of sp³-hybridized carbons (Fsp3) is 0.850. The molecular formula is C20H30O3. The summed E-state index contributed by atoms with van der Waals surface area (Å²) in [5.74, 6) is 1.15. The van der Waals surface area contributed by atoms with Crippen LogP contribution in [0.4, 0.5) is 0 Å². The van der Waals surface area contributed by atoms with E-state index in [0.29, 0.717) is 18.3 Å². The Kier molecular flexibility index (Phi) is 3.09. The molecule has 0 aliphatic heterocycles. The summed E-state index contributed by atoms with van der Waals surface area (Å²) in [6, 6.07) is 0. The first-order valence-corrected chi connectivity index (χ1v) is 9.22. The second-order valence-electron chi connectivity index (χ2n) is 9.76. The highest BCUT2D eigenvalue weighted by Crippen LogP contribution is 2.67. The average molecular weight is 318 g/mol. The third-order valence-corrected chi connectivity index (χ3v) is 8.10. The van der Waals surface area contributed by atoms with Crippen LogP contribution in [0.2, 0.25) is 0 Å². The Hall–Kier alpha value is -0.670. The number of aliphatic hydroxyl groups excluding tert-OH is 1. The Morgan fingerprint density at radius 1 is 1.13 bits per heavy atom. The van der Waals surface area contributed by atoms with Gasteiger partial charge in [-0.15, -0.1) is 0 Å². The van der Waals surface area contributed by atoms with E-state index in [2.05, 4.69) is 6.58 Å². The second kappa shape index (κ2) is 4.49. The van der Waals surface area contributed by atoms with Gasteiger partial charge in [-0.05, 0) is 68.6 Å². The maximum absolute atomic E-state index is 13.1. The lowest BCUT2D eigenvalue weighted by atomic mass is 9.48. The number of carbonyl (C=O) groups excluding carboxylic acids is 1. The van der Waals surface area contributed by atoms with E-state index >= 15 is 0 Å². The fourth-order valence-corrected chi connectivity index (χ4v) is 6.73. The van der Waals surface area contributed by atoms with Gasteiger partial charge in [0.2, 0.25) is 0 Å². The van der Waals surface area contributed by atoms with E-state index in [9.17, 15) is 15.0 Å². The van der Waals surface area contributed by atoms with Gasteiger partial charge in [0.1, 0.15) is 5.78 Å². The number of rotatable bonds is 0. The van der Waals surface area contributed by atoms with Gasteiger partial charge in [-0.2, -0.15) is 0 Å². The molecule has 1 spiro atoms. The van der Waals surface area contributed by atoms with Crippen LogP contribution in [0.15, 0.2) is 12.2 Å². The van der Waals surface area contributed by atoms with Crippen molar-refractivity contribution in [3.63, 3.8) is 0 Å². The van der Waals surface area contributed by atoms with Crippen molar-refractivity contribution in [3.8, 4) is 0 Å². The normalized spacial score (nSPS) is 54.6. The Bertz CT molecular complexity index is 575. The first kappa shape index (κ1) is 15.8. The molecule has 4 saturated carbocycles. The predicted octanol–water partition coefficient (Wildman–Crippen LogP) is 3.10. The molecule has 23 heavy (non-hydrogen) atoms. The van der Waals surface area contributed by atoms with E-state index in [-0.39, 0.29) is 23.0 Å². The summed E-state index contributed by atoms with van der Waals surface area (Å²) in [4.78, 5) is 13.1. The first-order valence-electron chi connectivity index (χ1n) is 9.22. The molecule has 3 nitrogen and oxygen atoms in total. The number of ketones is 1. The van der Waals surface area contributed by atoms with E-state index in [0.717, 1.165) is 32.1 Å². The van der Waals surface area contributed by atoms with Crippen molar-refractivity contribution in [2.45, 2.75) is 71.0 Å². The second-order valence-corrected chi connectivity index (χ2v) is 9.76. The third kappa shape index (κ3) is 1.93. The van der Waals surface area contributed by atoms with Crippen molar-refractivity contribution >= 4 is 5.78 Å². The van der Waals surface area contributed by atoms with Gasteiger partial charge in [-0.1, -0.05) is 26.0 Å². The number of fused-ring (bicyclic) bond motifs is 2. The lowest BCUT2D eigenvalue weighted by Crippen LogP contribution is -2.55. The summed E-state index contributed by atoms with van der Waals surface area (Å²) in [6.07, 6.45) is 5.02. The zero-order valence-corrected chi connectivity index (χ0v) is 14.6. The molecule has 0 aromatic heterocycles. The maximum atomic E-state index is 13.1. The molecule has 0 saturated heterocycles. The quantitative estimate of drug-likeness (QED) is 0.675. The zero-order chi connectivity index (χ0) is 16.8. The van der Waals surface area contributed by atoms with E-state index in [1.165, 1.54) is 5.57 Å². The molecule has 2 bridgehead atoms. The highest BCUT2D eigenvalue weighted by molar-refractivity contribution is 5.88. The minimum atomic E-state index is -0.653. The molecule has 1 unspecified atom stereocenters. The molecule has 4 aliphatic rings. The molecule has 7 atom stereocenters. The lowest BCUT2D eigenvalue weighted by molar-refractivity contribution is -0.151. The summed E-state index contributed by atoms with van der Waals surface area (Å²) in [6.45, 7) is 10.2. The van der Waals surface area contributed by atoms with Crippen LogP contribution in [0.5, 0.6) is 0 Å². The Morgan fingerprint density at radius 2 is 1.83 bits per heavy atom. The Morgan fingerprint density at radius 3 is 2.52 bits per heavy atom. The molecule has 3 heteroatoms. The van der Waals surface area contributed by atoms with E-state index < -0.39 is 17.1 Å². The minimum Gasteiger partial charge on any atom is -0.392 e. The Balaban J connectivity index is 1.73. The average Bonchev–Trinajstić information content (AvgIpc) is 2.65. The maximum Gasteiger partial charge on any atom is 0.144 e. The number of allylic oxidation sites excluding steroid dienone is 1. The minimum absolute atomic E-state index is 0.00944. The highest BCUT2D eigenvalue weighted by atomic mass is 16.3. The number of carbonyl (C=O) groups is 1. The Labute approximate surface area is 139 Å². The van der Waals surface area contributed by atoms with Crippen LogP contribution >= 0.6 is 0 Å². The van der Waals surface area contributed by atoms with Crippen LogP contribution in [-0.4, -0.2) is 27.7 Å². The van der Waals surface area contributed by atoms with Gasteiger partial charge in [-0.25, -0.2) is 0 Å². The van der Waals surface area contributed by atoms with Crippen molar-refractivity contribution in [2.24, 2.45) is 34.5 Å². The van der Waals surface area contributed by atoms with Crippen LogP contribution in [0.3, 0.4) is 0 Å². The SMILES string of the molecule is C=C1[C@H]2C[C@H](O)C(C)(C)C(=O)[C@@H]2CC23C[C@@H](CC[C@@H]12)[C@@](C)(O)C3. The van der Waals surface area contributed by atoms with Crippen molar-refractivity contribution in [1.82, 2.24) is 0 Å². The first-order chi connectivity index (χ1) is 10.6. The van der Waals surface area contributed by atoms with Gasteiger partial charge in [0.15, 0.2) is 0 Å². The molecule has 0 amide bonds. The monoisotopic (exact) mass is 318 g/mol. The van der Waals surface area contributed by atoms with Crippen LogP contribution in [0.1, 0.15) is 59.3 Å². The van der Waals surface area contributed by atoms with Gasteiger partial charge in [0.25, 0.3) is 0 Å². The number of hydrogen-bond donors (Lipinski definition) is 2. The summed E-state index contributed by atoms with van der Waals surface area (Å²) >= 11 is 0. The van der Waals surface area contributed by atoms with Crippen molar-refractivity contribution in [1.29, 1.82) is 0 Å². The molecule has 4 fully saturated rings. The van der Waals surface area contributed by atoms with Crippen LogP contribution in [-0.2, 0) is 4.79 Å². The molecule has 0 aromatic carbocycles. The molecule has 4 rings (SSSR count). The summed E-state index contributed by atoms with van der Waals surface area (Å²) in [5, 5.41) is 21.3. The standard InChI is InChI=1S/C20H30O3/c1-11-13-7-16(21)18(2,3)17(22)14(13)9-20-8-12(5-6-15(11)20)19(4,23)10-20/h12-16,21,23H,1,5-10H2,2-4H3/t12-,13-,14-,15+,16+,19+,20?/m1/s1. The van der Waals surface area contributed by atoms with Crippen molar-refractivity contribution in [2.75, 3.05) is 0 Å². The molecule has 0 radical (unpaired) electrons. The largest absolute Gasteiger partial charge is 0.392 e. The number of aliphatic hydroxyl groups is 2. The van der Waals surface area contributed by atoms with Crippen LogP contribution < -0.4 is 0 Å². The van der Waals surface area contributed by atoms with Crippen molar-refractivity contribution in [3.05, 3.63) is 12.2 Å². The van der Waals surface area contributed by atoms with Gasteiger partial charge in [-0.3, -0.25) is 4.79 Å². The van der Waals surface area contributed by atoms with Gasteiger partial charge in [0, 0.05) is 11.3 Å². The van der Waals surface area contributed by atoms with E-state index in [4.69, 9.17) is 0 Å². The van der Waals surface area contributed by atoms with Gasteiger partial charge < -0.3 is 10.2 Å². The molecule has 0 heterocycles. The fourth-order valence-electron chi connectivity index (χ4n) is 6.73. The van der Waals surface area contributed by atoms with Gasteiger partial charge in [0.05, 0.1) is 11.7 Å². The predicted molar refractivity (Wildman–Crippen MR) is 88.7 cm³/mol. The highest BCUT2D eigenvalue weighted by Gasteiger charge is 2.64. The molecule has 0 aromatic rings. The smallest absolute Gasteiger partial charge is 0.144 e. The molecular weight excluding hydrogens is 288 g/mol. The topological polar surface area (TPSA) is 57.5 Å². The summed E-state index contributed by atoms with van der Waals surface area (Å²) < 4.78 is 0. The number of hydrogen-bond acceptors (Lipinski definition) is 3. The lowest BCUT2D eigenvalue weighted by Gasteiger charge is -2.55. The van der Waals surface area contributed by atoms with Gasteiger partial charge >= 0.3 is 0 Å². The summed E-state index contributed by atoms with van der Waals surface area (Å²) in [7, 11) is 0. The third-order valence-electron chi connectivity index (χ3n) is 8.10. The molecule has 4 aliphatic carbocycles. The molecule has 128 valence electrons. The number of Topliss-reactive ketones (excluding diaryl/α,β-unsaturated/α-hetero) is 1. The zero-order valence-electron chi connectivity index (χ0n) is 14.6.